The number of rotatable bonds is 6. The number of carboxylic acids is 1. The number of hydrogen-bond donors (Lipinski definition) is 5. The number of benzene rings is 1. The van der Waals surface area contributed by atoms with Gasteiger partial charge in [0, 0.05) is 11.3 Å². The van der Waals surface area contributed by atoms with E-state index in [2.05, 4.69) is 0 Å². The van der Waals surface area contributed by atoms with Gasteiger partial charge in [-0.15, -0.1) is 0 Å². The summed E-state index contributed by atoms with van der Waals surface area (Å²) in [7, 11) is 0. The average Bonchev–Trinajstić information content (AvgIpc) is 2.65. The predicted molar refractivity (Wildman–Crippen MR) is 92.1 cm³/mol. The highest BCUT2D eigenvalue weighted by molar-refractivity contribution is 6.13. The summed E-state index contributed by atoms with van der Waals surface area (Å²) in [5.41, 5.74) is 9.44. The molecule has 0 aromatic heterocycles. The number of nitrogens with two attached hydrogens (primary N) is 1. The van der Waals surface area contributed by atoms with Gasteiger partial charge in [0.15, 0.2) is 0 Å². The number of hydrogen-bond acceptors (Lipinski definition) is 5. The Balaban J connectivity index is 2.27. The molecule has 0 bridgehead atoms. The first-order valence-corrected chi connectivity index (χ1v) is 8.22. The summed E-state index contributed by atoms with van der Waals surface area (Å²) in [5.74, 6) is -1.86. The molecule has 0 radical (unpaired) electrons. The van der Waals surface area contributed by atoms with Crippen LogP contribution < -0.4 is 11.2 Å². The van der Waals surface area contributed by atoms with Gasteiger partial charge in [-0.3, -0.25) is 20.2 Å². The molecule has 0 spiro atoms. The highest BCUT2D eigenvalue weighted by Crippen LogP contribution is 2.33. The van der Waals surface area contributed by atoms with Gasteiger partial charge in [-0.25, -0.2) is 5.48 Å². The van der Waals surface area contributed by atoms with Crippen molar-refractivity contribution in [1.82, 2.24) is 5.48 Å². The lowest BCUT2D eigenvalue weighted by Gasteiger charge is -2.28. The summed E-state index contributed by atoms with van der Waals surface area (Å²) >= 11 is 0. The van der Waals surface area contributed by atoms with E-state index in [1.807, 2.05) is 6.07 Å². The molecule has 1 amide bonds. The van der Waals surface area contributed by atoms with Gasteiger partial charge in [0.1, 0.15) is 0 Å². The highest BCUT2D eigenvalue weighted by atomic mass is 16.5. The van der Waals surface area contributed by atoms with Gasteiger partial charge in [-0.05, 0) is 37.2 Å². The Bertz CT molecular complexity index is 677. The number of carbonyl (C=O) groups is 2. The van der Waals surface area contributed by atoms with E-state index in [1.54, 1.807) is 29.7 Å². The van der Waals surface area contributed by atoms with Gasteiger partial charge >= 0.3 is 5.97 Å². The second-order valence-electron chi connectivity index (χ2n) is 6.27. The first-order valence-electron chi connectivity index (χ1n) is 8.22. The molecule has 134 valence electrons. The van der Waals surface area contributed by atoms with Gasteiger partial charge in [0.2, 0.25) is 5.91 Å². The summed E-state index contributed by atoms with van der Waals surface area (Å²) < 4.78 is 0. The van der Waals surface area contributed by atoms with Crippen molar-refractivity contribution in [2.24, 2.45) is 17.6 Å². The number of aliphatic carboxylic acids is 1. The summed E-state index contributed by atoms with van der Waals surface area (Å²) in [6.07, 6.45) is 2.07. The summed E-state index contributed by atoms with van der Waals surface area (Å²) in [5, 5.41) is 26.3. The van der Waals surface area contributed by atoms with Crippen LogP contribution in [0.4, 0.5) is 0 Å². The third-order valence-electron chi connectivity index (χ3n) is 4.69. The van der Waals surface area contributed by atoms with Crippen LogP contribution in [-0.2, 0) is 9.59 Å². The topological polar surface area (TPSA) is 136 Å². The molecule has 0 heterocycles. The molecule has 1 aromatic carbocycles. The Hall–Kier alpha value is -2.67. The number of nitrogens with one attached hydrogen (secondary N) is 2. The van der Waals surface area contributed by atoms with Crippen molar-refractivity contribution in [2.75, 3.05) is 0 Å². The second kappa shape index (κ2) is 8.43. The largest absolute Gasteiger partial charge is 0.481 e. The van der Waals surface area contributed by atoms with Crippen LogP contribution in [0.25, 0.3) is 0 Å². The van der Waals surface area contributed by atoms with Gasteiger partial charge in [-0.1, -0.05) is 30.3 Å². The first kappa shape index (κ1) is 18.7. The normalized spacial score (nSPS) is 21.2. The van der Waals surface area contributed by atoms with Crippen LogP contribution in [0.5, 0.6) is 0 Å². The summed E-state index contributed by atoms with van der Waals surface area (Å²) in [6.45, 7) is 0. The van der Waals surface area contributed by atoms with E-state index in [0.29, 0.717) is 42.5 Å². The summed E-state index contributed by atoms with van der Waals surface area (Å²) in [4.78, 5) is 22.7. The number of allylic oxidation sites excluding steroid dienone is 1. The molecule has 6 N–H and O–H groups in total. The number of carbonyl (C=O) groups excluding carboxylic acids is 1. The van der Waals surface area contributed by atoms with Crippen LogP contribution in [0.1, 0.15) is 37.7 Å². The zero-order chi connectivity index (χ0) is 18.4. The molecule has 0 saturated heterocycles. The van der Waals surface area contributed by atoms with E-state index in [0.717, 1.165) is 0 Å². The molecule has 7 nitrogen and oxygen atoms in total. The molecule has 1 aliphatic rings. The second-order valence-corrected chi connectivity index (χ2v) is 6.27. The van der Waals surface area contributed by atoms with Crippen molar-refractivity contribution in [1.29, 1.82) is 5.41 Å². The number of hydroxylamine groups is 1. The Morgan fingerprint density at radius 3 is 2.20 bits per heavy atom. The van der Waals surface area contributed by atoms with Crippen LogP contribution in [0.2, 0.25) is 0 Å². The van der Waals surface area contributed by atoms with E-state index in [9.17, 15) is 9.59 Å². The van der Waals surface area contributed by atoms with E-state index in [4.69, 9.17) is 21.5 Å². The molecular weight excluding hydrogens is 322 g/mol. The van der Waals surface area contributed by atoms with Crippen LogP contribution >= 0.6 is 0 Å². The van der Waals surface area contributed by atoms with Gasteiger partial charge in [-0.2, -0.15) is 0 Å². The molecule has 0 aliphatic heterocycles. The molecule has 1 aromatic rings. The van der Waals surface area contributed by atoms with E-state index < -0.39 is 11.9 Å². The van der Waals surface area contributed by atoms with Crippen molar-refractivity contribution < 1.29 is 19.9 Å². The fourth-order valence-electron chi connectivity index (χ4n) is 3.21. The maximum Gasteiger partial charge on any atom is 0.306 e. The van der Waals surface area contributed by atoms with Crippen LogP contribution in [-0.4, -0.2) is 27.9 Å². The average molecular weight is 345 g/mol. The minimum Gasteiger partial charge on any atom is -0.481 e. The lowest BCUT2D eigenvalue weighted by atomic mass is 9.78. The van der Waals surface area contributed by atoms with Gasteiger partial charge in [0.25, 0.3) is 0 Å². The monoisotopic (exact) mass is 345 g/mol. The quantitative estimate of drug-likeness (QED) is 0.305. The number of carboxylic acid groups (broad SMARTS) is 1. The molecule has 1 saturated carbocycles. The number of amides is 1. The van der Waals surface area contributed by atoms with Crippen molar-refractivity contribution in [3.8, 4) is 0 Å². The maximum absolute atomic E-state index is 11.7. The van der Waals surface area contributed by atoms with Crippen molar-refractivity contribution in [3.05, 3.63) is 47.2 Å². The Kier molecular flexibility index (Phi) is 6.30. The maximum atomic E-state index is 11.7. The van der Waals surface area contributed by atoms with E-state index in [1.165, 1.54) is 0 Å². The minimum absolute atomic E-state index is 0.0684. The summed E-state index contributed by atoms with van der Waals surface area (Å²) in [6, 6.07) is 8.93. The first-order chi connectivity index (χ1) is 11.9. The molecule has 7 heteroatoms. The van der Waals surface area contributed by atoms with Crippen molar-refractivity contribution in [3.63, 3.8) is 0 Å². The fraction of sp³-hybridized carbons (Fsp3) is 0.389. The molecule has 0 atom stereocenters. The fourth-order valence-corrected chi connectivity index (χ4v) is 3.21. The SMILES string of the molecule is N=C(/C(CC(=O)NO)=C(\N)C1CCC(C(=O)O)CC1)c1ccccc1. The minimum atomic E-state index is -0.794. The van der Waals surface area contributed by atoms with Crippen LogP contribution in [0, 0.1) is 17.2 Å². The lowest BCUT2D eigenvalue weighted by molar-refractivity contribution is -0.143. The van der Waals surface area contributed by atoms with Crippen LogP contribution in [0.3, 0.4) is 0 Å². The lowest BCUT2D eigenvalue weighted by Crippen LogP contribution is -2.28. The Morgan fingerprint density at radius 2 is 1.68 bits per heavy atom. The van der Waals surface area contributed by atoms with E-state index in [-0.39, 0.29) is 24.0 Å². The van der Waals surface area contributed by atoms with Crippen LogP contribution in [0.15, 0.2) is 41.6 Å². The Labute approximate surface area is 146 Å². The standard InChI is InChI=1S/C18H23N3O4/c19-16(11-4-2-1-3-5-11)14(10-15(22)21-25)17(20)12-6-8-13(9-7-12)18(23)24/h1-5,12-13,19,25H,6-10,20H2,(H,21,22)(H,23,24)/b17-14-,19-16?. The third-order valence-corrected chi connectivity index (χ3v) is 4.69. The molecule has 0 unspecified atom stereocenters. The Morgan fingerprint density at radius 1 is 1.12 bits per heavy atom. The van der Waals surface area contributed by atoms with Gasteiger partial charge in [0.05, 0.1) is 18.1 Å². The molecular formula is C18H23N3O4. The molecule has 1 aliphatic carbocycles. The molecule has 2 rings (SSSR count). The molecule has 25 heavy (non-hydrogen) atoms. The predicted octanol–water partition coefficient (Wildman–Crippen LogP) is 2.05. The van der Waals surface area contributed by atoms with E-state index >= 15 is 0 Å². The smallest absolute Gasteiger partial charge is 0.306 e. The third kappa shape index (κ3) is 4.67. The highest BCUT2D eigenvalue weighted by Gasteiger charge is 2.29. The van der Waals surface area contributed by atoms with Gasteiger partial charge < -0.3 is 10.8 Å². The molecule has 1 fully saturated rings. The zero-order valence-corrected chi connectivity index (χ0v) is 13.9. The zero-order valence-electron chi connectivity index (χ0n) is 13.9. The van der Waals surface area contributed by atoms with Crippen molar-refractivity contribution in [2.45, 2.75) is 32.1 Å². The van der Waals surface area contributed by atoms with Crippen molar-refractivity contribution >= 4 is 17.6 Å².